The number of aromatic amines is 1. The number of benzene rings is 1. The van der Waals surface area contributed by atoms with Crippen LogP contribution in [-0.2, 0) is 0 Å². The summed E-state index contributed by atoms with van der Waals surface area (Å²) in [6.07, 6.45) is 6.14. The van der Waals surface area contributed by atoms with Gasteiger partial charge in [0.05, 0.1) is 5.69 Å². The molecule has 7 heteroatoms. The van der Waals surface area contributed by atoms with Crippen molar-refractivity contribution in [2.75, 3.05) is 25.0 Å². The number of nitrogens with zero attached hydrogens (tertiary/aromatic N) is 5. The van der Waals surface area contributed by atoms with Crippen LogP contribution in [0.4, 0.5) is 5.82 Å². The summed E-state index contributed by atoms with van der Waals surface area (Å²) in [5.74, 6) is 1.65. The standard InChI is InChI=1S/C20H23N7/c1-27(17-10-12-21-13-11-17)20-7-3-6-18(22-20)16-5-2-4-15(14-16)8-9-19-23-25-26-24-19/h2-9,14,17,21H,10-13H2,1H3,(H,23,24,25,26)/b9-8+. The van der Waals surface area contributed by atoms with Crippen LogP contribution < -0.4 is 10.2 Å². The summed E-state index contributed by atoms with van der Waals surface area (Å²) in [5, 5.41) is 17.2. The highest BCUT2D eigenvalue weighted by Gasteiger charge is 2.19. The van der Waals surface area contributed by atoms with Gasteiger partial charge in [0.1, 0.15) is 5.82 Å². The molecule has 27 heavy (non-hydrogen) atoms. The molecule has 0 aliphatic carbocycles. The number of piperidine rings is 1. The molecule has 1 fully saturated rings. The van der Waals surface area contributed by atoms with E-state index in [1.807, 2.05) is 18.2 Å². The number of pyridine rings is 1. The zero-order valence-corrected chi connectivity index (χ0v) is 15.3. The highest BCUT2D eigenvalue weighted by molar-refractivity contribution is 5.71. The predicted octanol–water partition coefficient (Wildman–Crippen LogP) is 2.62. The van der Waals surface area contributed by atoms with E-state index in [1.54, 1.807) is 0 Å². The number of aromatic nitrogens is 5. The Morgan fingerprint density at radius 3 is 2.74 bits per heavy atom. The molecule has 3 heterocycles. The number of hydrogen-bond acceptors (Lipinski definition) is 6. The molecule has 138 valence electrons. The van der Waals surface area contributed by atoms with E-state index in [1.165, 1.54) is 0 Å². The van der Waals surface area contributed by atoms with Gasteiger partial charge in [0.25, 0.3) is 0 Å². The van der Waals surface area contributed by atoms with E-state index in [4.69, 9.17) is 4.98 Å². The number of nitrogens with one attached hydrogen (secondary N) is 2. The summed E-state index contributed by atoms with van der Waals surface area (Å²) in [6, 6.07) is 15.1. The maximum absolute atomic E-state index is 4.91. The second kappa shape index (κ2) is 8.09. The summed E-state index contributed by atoms with van der Waals surface area (Å²) in [5.41, 5.74) is 3.14. The molecule has 1 aliphatic rings. The first-order valence-electron chi connectivity index (χ1n) is 9.22. The van der Waals surface area contributed by atoms with E-state index in [0.29, 0.717) is 11.9 Å². The first-order valence-corrected chi connectivity index (χ1v) is 9.22. The largest absolute Gasteiger partial charge is 0.357 e. The molecular formula is C20H23N7. The van der Waals surface area contributed by atoms with E-state index in [2.05, 4.69) is 74.3 Å². The number of tetrazole rings is 1. The minimum absolute atomic E-state index is 0.541. The number of hydrogen-bond donors (Lipinski definition) is 2. The zero-order valence-electron chi connectivity index (χ0n) is 15.3. The zero-order chi connectivity index (χ0) is 18.5. The first kappa shape index (κ1) is 17.4. The molecular weight excluding hydrogens is 338 g/mol. The summed E-state index contributed by atoms with van der Waals surface area (Å²) in [6.45, 7) is 2.15. The molecule has 0 radical (unpaired) electrons. The third-order valence-electron chi connectivity index (χ3n) is 4.93. The summed E-state index contributed by atoms with van der Waals surface area (Å²) < 4.78 is 0. The highest BCUT2D eigenvalue weighted by atomic mass is 15.5. The van der Waals surface area contributed by atoms with Gasteiger partial charge in [0.15, 0.2) is 5.82 Å². The smallest absolute Gasteiger partial charge is 0.172 e. The van der Waals surface area contributed by atoms with Crippen molar-refractivity contribution in [2.24, 2.45) is 0 Å². The Morgan fingerprint density at radius 2 is 1.93 bits per heavy atom. The van der Waals surface area contributed by atoms with Crippen molar-refractivity contribution in [1.29, 1.82) is 0 Å². The molecule has 0 amide bonds. The Morgan fingerprint density at radius 1 is 1.07 bits per heavy atom. The summed E-state index contributed by atoms with van der Waals surface area (Å²) in [7, 11) is 2.15. The Hall–Kier alpha value is -3.06. The van der Waals surface area contributed by atoms with Crippen LogP contribution in [0.3, 0.4) is 0 Å². The number of rotatable bonds is 5. The molecule has 0 atom stereocenters. The molecule has 1 saturated heterocycles. The fourth-order valence-electron chi connectivity index (χ4n) is 3.38. The Bertz CT molecular complexity index is 898. The molecule has 1 aromatic carbocycles. The first-order chi connectivity index (χ1) is 13.3. The molecule has 0 unspecified atom stereocenters. The number of anilines is 1. The summed E-state index contributed by atoms with van der Waals surface area (Å²) >= 11 is 0. The minimum atomic E-state index is 0.541. The fourth-order valence-corrected chi connectivity index (χ4v) is 3.38. The predicted molar refractivity (Wildman–Crippen MR) is 107 cm³/mol. The van der Waals surface area contributed by atoms with E-state index in [9.17, 15) is 0 Å². The van der Waals surface area contributed by atoms with Crippen molar-refractivity contribution in [3.8, 4) is 11.3 Å². The van der Waals surface area contributed by atoms with Crippen LogP contribution >= 0.6 is 0 Å². The quantitative estimate of drug-likeness (QED) is 0.727. The third-order valence-corrected chi connectivity index (χ3v) is 4.93. The van der Waals surface area contributed by atoms with Gasteiger partial charge in [-0.3, -0.25) is 0 Å². The van der Waals surface area contributed by atoms with Crippen LogP contribution in [0.15, 0.2) is 42.5 Å². The van der Waals surface area contributed by atoms with Crippen molar-refractivity contribution in [3.63, 3.8) is 0 Å². The lowest BCUT2D eigenvalue weighted by Crippen LogP contribution is -2.41. The Labute approximate surface area is 158 Å². The molecule has 2 N–H and O–H groups in total. The van der Waals surface area contributed by atoms with Gasteiger partial charge in [-0.25, -0.2) is 10.1 Å². The van der Waals surface area contributed by atoms with Crippen LogP contribution in [0, 0.1) is 0 Å². The van der Waals surface area contributed by atoms with Crippen molar-refractivity contribution in [2.45, 2.75) is 18.9 Å². The maximum atomic E-state index is 4.91. The minimum Gasteiger partial charge on any atom is -0.357 e. The SMILES string of the molecule is CN(c1cccc(-c2cccc(/C=C/c3nnn[nH]3)c2)n1)C1CCNCC1. The maximum Gasteiger partial charge on any atom is 0.172 e. The van der Waals surface area contributed by atoms with Gasteiger partial charge in [0, 0.05) is 18.7 Å². The molecule has 4 rings (SSSR count). The average molecular weight is 361 g/mol. The normalized spacial score (nSPS) is 15.3. The van der Waals surface area contributed by atoms with Crippen molar-refractivity contribution in [1.82, 2.24) is 30.9 Å². The molecule has 7 nitrogen and oxygen atoms in total. The van der Waals surface area contributed by atoms with Gasteiger partial charge < -0.3 is 10.2 Å². The van der Waals surface area contributed by atoms with Crippen molar-refractivity contribution >= 4 is 18.0 Å². The third kappa shape index (κ3) is 4.20. The van der Waals surface area contributed by atoms with Gasteiger partial charge in [-0.05, 0) is 66.2 Å². The molecule has 0 saturated carbocycles. The number of H-pyrrole nitrogens is 1. The van der Waals surface area contributed by atoms with E-state index in [-0.39, 0.29) is 0 Å². The van der Waals surface area contributed by atoms with Gasteiger partial charge in [-0.15, -0.1) is 5.10 Å². The lowest BCUT2D eigenvalue weighted by atomic mass is 10.0. The average Bonchev–Trinajstić information content (AvgIpc) is 3.26. The Balaban J connectivity index is 1.55. The van der Waals surface area contributed by atoms with Crippen LogP contribution in [0.2, 0.25) is 0 Å². The van der Waals surface area contributed by atoms with Gasteiger partial charge >= 0.3 is 0 Å². The van der Waals surface area contributed by atoms with Crippen LogP contribution in [0.25, 0.3) is 23.4 Å². The van der Waals surface area contributed by atoms with E-state index >= 15 is 0 Å². The van der Waals surface area contributed by atoms with Crippen LogP contribution in [0.1, 0.15) is 24.2 Å². The van der Waals surface area contributed by atoms with E-state index < -0.39 is 0 Å². The summed E-state index contributed by atoms with van der Waals surface area (Å²) in [4.78, 5) is 7.22. The second-order valence-electron chi connectivity index (χ2n) is 6.72. The highest BCUT2D eigenvalue weighted by Crippen LogP contribution is 2.24. The lowest BCUT2D eigenvalue weighted by molar-refractivity contribution is 0.442. The molecule has 1 aliphatic heterocycles. The van der Waals surface area contributed by atoms with Gasteiger partial charge in [0.2, 0.25) is 0 Å². The topological polar surface area (TPSA) is 82.6 Å². The molecule has 0 bridgehead atoms. The Kier molecular flexibility index (Phi) is 5.20. The lowest BCUT2D eigenvalue weighted by Gasteiger charge is -2.32. The fraction of sp³-hybridized carbons (Fsp3) is 0.300. The van der Waals surface area contributed by atoms with Crippen LogP contribution in [-0.4, -0.2) is 51.8 Å². The van der Waals surface area contributed by atoms with Gasteiger partial charge in [-0.1, -0.05) is 30.3 Å². The molecule has 0 spiro atoms. The second-order valence-corrected chi connectivity index (χ2v) is 6.72. The molecule has 3 aromatic rings. The monoisotopic (exact) mass is 361 g/mol. The van der Waals surface area contributed by atoms with E-state index in [0.717, 1.165) is 48.6 Å². The molecule has 2 aromatic heterocycles. The van der Waals surface area contributed by atoms with Gasteiger partial charge in [-0.2, -0.15) is 0 Å². The van der Waals surface area contributed by atoms with Crippen LogP contribution in [0.5, 0.6) is 0 Å². The van der Waals surface area contributed by atoms with Crippen molar-refractivity contribution in [3.05, 3.63) is 53.9 Å². The van der Waals surface area contributed by atoms with Crippen molar-refractivity contribution < 1.29 is 0 Å².